The van der Waals surface area contributed by atoms with Gasteiger partial charge in [0.1, 0.15) is 11.6 Å². The third-order valence-electron chi connectivity index (χ3n) is 5.97. The molecule has 5 nitrogen and oxygen atoms in total. The van der Waals surface area contributed by atoms with Crippen molar-refractivity contribution < 1.29 is 0 Å². The van der Waals surface area contributed by atoms with Crippen molar-refractivity contribution in [2.24, 2.45) is 0 Å². The van der Waals surface area contributed by atoms with Crippen molar-refractivity contribution in [2.45, 2.75) is 26.3 Å². The molecule has 0 atom stereocenters. The lowest BCUT2D eigenvalue weighted by Crippen LogP contribution is -2.24. The first-order valence-corrected chi connectivity index (χ1v) is 11.0. The van der Waals surface area contributed by atoms with E-state index in [1.54, 1.807) is 0 Å². The zero-order valence-corrected chi connectivity index (χ0v) is 18.5. The maximum absolute atomic E-state index is 4.75. The van der Waals surface area contributed by atoms with Gasteiger partial charge in [-0.25, -0.2) is 4.68 Å². The van der Waals surface area contributed by atoms with Crippen molar-refractivity contribution in [1.82, 2.24) is 20.1 Å². The van der Waals surface area contributed by atoms with Gasteiger partial charge in [0.15, 0.2) is 0 Å². The molecule has 0 unspecified atom stereocenters. The number of nitrogens with one attached hydrogen (secondary N) is 2. The van der Waals surface area contributed by atoms with E-state index in [1.165, 1.54) is 16.5 Å². The molecule has 5 rings (SSSR count). The molecular formula is C27H27N5. The number of rotatable bonds is 6. The molecular weight excluding hydrogens is 394 g/mol. The van der Waals surface area contributed by atoms with Gasteiger partial charge in [0, 0.05) is 35.8 Å². The smallest absolute Gasteiger partial charge is 0.135 e. The van der Waals surface area contributed by atoms with Gasteiger partial charge in [-0.2, -0.15) is 5.10 Å². The van der Waals surface area contributed by atoms with Crippen LogP contribution >= 0.6 is 0 Å². The van der Waals surface area contributed by atoms with Crippen LogP contribution in [0.5, 0.6) is 0 Å². The molecule has 32 heavy (non-hydrogen) atoms. The fourth-order valence-corrected chi connectivity index (χ4v) is 4.25. The molecule has 0 spiro atoms. The number of fused-ring (bicyclic) bond motifs is 2. The minimum atomic E-state index is 0.422. The van der Waals surface area contributed by atoms with Crippen LogP contribution in [-0.4, -0.2) is 21.3 Å². The Morgan fingerprint density at radius 3 is 2.91 bits per heavy atom. The fourth-order valence-electron chi connectivity index (χ4n) is 4.25. The Bertz CT molecular complexity index is 1330. The van der Waals surface area contributed by atoms with Crippen LogP contribution in [0.3, 0.4) is 0 Å². The second-order valence-electron chi connectivity index (χ2n) is 8.34. The van der Waals surface area contributed by atoms with E-state index in [4.69, 9.17) is 4.98 Å². The highest BCUT2D eigenvalue weighted by atomic mass is 15.4. The van der Waals surface area contributed by atoms with Crippen LogP contribution in [0.2, 0.25) is 0 Å². The van der Waals surface area contributed by atoms with Crippen LogP contribution < -0.4 is 10.6 Å². The van der Waals surface area contributed by atoms with Gasteiger partial charge in [-0.15, -0.1) is 0 Å². The summed E-state index contributed by atoms with van der Waals surface area (Å²) >= 11 is 0. The molecule has 5 heteroatoms. The van der Waals surface area contributed by atoms with Crippen molar-refractivity contribution in [3.8, 4) is 11.3 Å². The molecule has 1 aliphatic rings. The highest BCUT2D eigenvalue weighted by molar-refractivity contribution is 5.96. The number of hydrogen-bond acceptors (Lipinski definition) is 4. The number of pyridine rings is 1. The van der Waals surface area contributed by atoms with Gasteiger partial charge in [0.05, 0.1) is 11.9 Å². The van der Waals surface area contributed by atoms with E-state index in [2.05, 4.69) is 90.8 Å². The standard InChI is InChI=1S/C27H27N5/c1-4-19-9-10-23-20(15-19)11-13-28-26(23)22-8-6-5-7-21(22)16-30-25-12-14-29-27-24(18(2)3)17-31-32(25)27/h4-13,15,17-18,29-30H,1,14,16H2,2-3H3. The van der Waals surface area contributed by atoms with Gasteiger partial charge >= 0.3 is 0 Å². The zero-order valence-electron chi connectivity index (χ0n) is 18.5. The van der Waals surface area contributed by atoms with Crippen molar-refractivity contribution in [3.05, 3.63) is 90.3 Å². The Balaban J connectivity index is 1.47. The minimum absolute atomic E-state index is 0.422. The summed E-state index contributed by atoms with van der Waals surface area (Å²) in [5.41, 5.74) is 5.67. The third kappa shape index (κ3) is 3.56. The highest BCUT2D eigenvalue weighted by Crippen LogP contribution is 2.31. The predicted octanol–water partition coefficient (Wildman–Crippen LogP) is 5.88. The molecule has 0 amide bonds. The Morgan fingerprint density at radius 2 is 2.06 bits per heavy atom. The van der Waals surface area contributed by atoms with Gasteiger partial charge in [0.25, 0.3) is 0 Å². The molecule has 2 aromatic heterocycles. The molecule has 2 aromatic carbocycles. The Labute approximate surface area is 188 Å². The van der Waals surface area contributed by atoms with Crippen LogP contribution in [0.1, 0.15) is 36.5 Å². The highest BCUT2D eigenvalue weighted by Gasteiger charge is 2.19. The van der Waals surface area contributed by atoms with Crippen molar-refractivity contribution in [1.29, 1.82) is 0 Å². The first-order chi connectivity index (χ1) is 15.7. The van der Waals surface area contributed by atoms with E-state index in [1.807, 2.05) is 23.2 Å². The molecule has 0 radical (unpaired) electrons. The van der Waals surface area contributed by atoms with Crippen molar-refractivity contribution in [3.63, 3.8) is 0 Å². The maximum Gasteiger partial charge on any atom is 0.135 e. The predicted molar refractivity (Wildman–Crippen MR) is 133 cm³/mol. The summed E-state index contributed by atoms with van der Waals surface area (Å²) in [7, 11) is 0. The number of nitrogens with zero attached hydrogens (tertiary/aromatic N) is 3. The summed E-state index contributed by atoms with van der Waals surface area (Å²) < 4.78 is 1.97. The van der Waals surface area contributed by atoms with Gasteiger partial charge in [0.2, 0.25) is 0 Å². The van der Waals surface area contributed by atoms with E-state index in [9.17, 15) is 0 Å². The summed E-state index contributed by atoms with van der Waals surface area (Å²) in [6.07, 6.45) is 7.85. The molecule has 0 saturated carbocycles. The van der Waals surface area contributed by atoms with E-state index in [0.717, 1.165) is 40.4 Å². The van der Waals surface area contributed by atoms with Crippen LogP contribution in [-0.2, 0) is 6.54 Å². The second kappa shape index (κ2) is 8.35. The topological polar surface area (TPSA) is 54.8 Å². The summed E-state index contributed by atoms with van der Waals surface area (Å²) in [5, 5.41) is 14.0. The Kier molecular flexibility index (Phi) is 5.23. The Morgan fingerprint density at radius 1 is 1.19 bits per heavy atom. The average Bonchev–Trinajstić information content (AvgIpc) is 3.27. The van der Waals surface area contributed by atoms with Gasteiger partial charge in [-0.05, 0) is 40.6 Å². The van der Waals surface area contributed by atoms with Gasteiger partial charge < -0.3 is 10.6 Å². The van der Waals surface area contributed by atoms with Crippen LogP contribution in [0, 0.1) is 0 Å². The number of anilines is 1. The largest absolute Gasteiger partial charge is 0.366 e. The zero-order chi connectivity index (χ0) is 22.1. The summed E-state index contributed by atoms with van der Waals surface area (Å²) in [5.74, 6) is 2.50. The summed E-state index contributed by atoms with van der Waals surface area (Å²) in [6, 6.07) is 16.9. The summed E-state index contributed by atoms with van der Waals surface area (Å²) in [4.78, 5) is 4.75. The molecule has 0 aliphatic carbocycles. The molecule has 160 valence electrons. The van der Waals surface area contributed by atoms with Crippen molar-refractivity contribution >= 4 is 28.5 Å². The third-order valence-corrected chi connectivity index (χ3v) is 5.97. The Hall–Kier alpha value is -3.86. The molecule has 0 saturated heterocycles. The van der Waals surface area contributed by atoms with Crippen LogP contribution in [0.4, 0.5) is 5.82 Å². The molecule has 2 N–H and O–H groups in total. The van der Waals surface area contributed by atoms with Crippen LogP contribution in [0.25, 0.3) is 33.9 Å². The normalized spacial score (nSPS) is 12.9. The average molecular weight is 422 g/mol. The minimum Gasteiger partial charge on any atom is -0.366 e. The lowest BCUT2D eigenvalue weighted by Gasteiger charge is -2.21. The second-order valence-corrected chi connectivity index (χ2v) is 8.34. The molecule has 1 aliphatic heterocycles. The molecule has 3 heterocycles. The summed E-state index contributed by atoms with van der Waals surface area (Å²) in [6.45, 7) is 9.73. The number of benzene rings is 2. The van der Waals surface area contributed by atoms with Crippen LogP contribution in [0.15, 0.2) is 73.6 Å². The SMILES string of the molecule is C=Cc1ccc2c(-c3ccccc3CNC3=CCNc4c(C(C)C)cnn43)nccc2c1. The lowest BCUT2D eigenvalue weighted by molar-refractivity contribution is 0.761. The van der Waals surface area contributed by atoms with E-state index < -0.39 is 0 Å². The fraction of sp³-hybridized carbons (Fsp3) is 0.185. The van der Waals surface area contributed by atoms with E-state index in [-0.39, 0.29) is 0 Å². The van der Waals surface area contributed by atoms with Crippen molar-refractivity contribution in [2.75, 3.05) is 11.9 Å². The van der Waals surface area contributed by atoms with E-state index >= 15 is 0 Å². The monoisotopic (exact) mass is 421 g/mol. The van der Waals surface area contributed by atoms with E-state index in [0.29, 0.717) is 12.5 Å². The maximum atomic E-state index is 4.75. The quantitative estimate of drug-likeness (QED) is 0.408. The van der Waals surface area contributed by atoms with Gasteiger partial charge in [-0.1, -0.05) is 62.9 Å². The first-order valence-electron chi connectivity index (χ1n) is 11.0. The molecule has 4 aromatic rings. The van der Waals surface area contributed by atoms with Gasteiger partial charge in [-0.3, -0.25) is 4.98 Å². The lowest BCUT2D eigenvalue weighted by atomic mass is 9.98. The number of hydrogen-bond donors (Lipinski definition) is 2. The molecule has 0 bridgehead atoms. The molecule has 0 fully saturated rings. The number of aromatic nitrogens is 3. The first kappa shape index (κ1) is 20.1.